The van der Waals surface area contributed by atoms with Gasteiger partial charge in [-0.2, -0.15) is 4.31 Å². The number of benzene rings is 2. The molecule has 9 heteroatoms. The number of primary amides is 1. The molecule has 1 aromatic heterocycles. The predicted octanol–water partition coefficient (Wildman–Crippen LogP) is 2.55. The Bertz CT molecular complexity index is 1140. The summed E-state index contributed by atoms with van der Waals surface area (Å²) in [4.78, 5) is 16.2. The number of amides is 1. The zero-order valence-electron chi connectivity index (χ0n) is 14.6. The van der Waals surface area contributed by atoms with Crippen molar-refractivity contribution >= 4 is 27.3 Å². The van der Waals surface area contributed by atoms with E-state index in [9.17, 15) is 17.6 Å². The molecule has 0 unspecified atom stereocenters. The number of halogens is 1. The van der Waals surface area contributed by atoms with Crippen LogP contribution >= 0.6 is 11.3 Å². The van der Waals surface area contributed by atoms with E-state index in [0.29, 0.717) is 10.6 Å². The van der Waals surface area contributed by atoms with Crippen LogP contribution in [0, 0.1) is 5.82 Å². The lowest BCUT2D eigenvalue weighted by atomic mass is 9.96. The number of thiazole rings is 1. The molecule has 4 rings (SSSR count). The quantitative estimate of drug-likeness (QED) is 0.706. The smallest absolute Gasteiger partial charge is 0.262 e. The molecule has 0 aliphatic carbocycles. The maximum absolute atomic E-state index is 13.2. The van der Waals surface area contributed by atoms with Crippen molar-refractivity contribution in [1.82, 2.24) is 9.29 Å². The van der Waals surface area contributed by atoms with Crippen LogP contribution in [0.1, 0.15) is 11.1 Å². The highest BCUT2D eigenvalue weighted by Gasteiger charge is 2.39. The highest BCUT2D eigenvalue weighted by molar-refractivity contribution is 7.89. The SMILES string of the molecule is NC(=O)[C@@H]1Cc2ccccc2CN1S(=O)(=O)c1csc(-c2ccc(F)cc2)n1. The van der Waals surface area contributed by atoms with Crippen molar-refractivity contribution in [2.75, 3.05) is 0 Å². The van der Waals surface area contributed by atoms with E-state index in [2.05, 4.69) is 4.98 Å². The second kappa shape index (κ2) is 7.08. The minimum absolute atomic E-state index is 0.0511. The third kappa shape index (κ3) is 3.32. The third-order valence-electron chi connectivity index (χ3n) is 4.68. The highest BCUT2D eigenvalue weighted by Crippen LogP contribution is 2.32. The molecule has 144 valence electrons. The average Bonchev–Trinajstić information content (AvgIpc) is 3.18. The van der Waals surface area contributed by atoms with E-state index in [0.717, 1.165) is 26.8 Å². The van der Waals surface area contributed by atoms with Gasteiger partial charge in [-0.3, -0.25) is 4.79 Å². The molecule has 3 aromatic rings. The van der Waals surface area contributed by atoms with Crippen molar-refractivity contribution in [2.45, 2.75) is 24.0 Å². The first-order valence-electron chi connectivity index (χ1n) is 8.45. The molecule has 6 nitrogen and oxygen atoms in total. The largest absolute Gasteiger partial charge is 0.368 e. The van der Waals surface area contributed by atoms with E-state index in [4.69, 9.17) is 5.73 Å². The van der Waals surface area contributed by atoms with E-state index in [1.54, 1.807) is 0 Å². The third-order valence-corrected chi connectivity index (χ3v) is 7.46. The summed E-state index contributed by atoms with van der Waals surface area (Å²) in [6.07, 6.45) is 0.222. The normalized spacial score (nSPS) is 17.2. The Morgan fingerprint density at radius 2 is 1.82 bits per heavy atom. The fourth-order valence-corrected chi connectivity index (χ4v) is 5.86. The summed E-state index contributed by atoms with van der Waals surface area (Å²) in [5.74, 6) is -1.09. The van der Waals surface area contributed by atoms with Crippen molar-refractivity contribution in [3.05, 3.63) is 70.9 Å². The molecular weight excluding hydrogens is 401 g/mol. The summed E-state index contributed by atoms with van der Waals surface area (Å²) in [6, 6.07) is 12.0. The van der Waals surface area contributed by atoms with E-state index in [1.165, 1.54) is 29.6 Å². The average molecular weight is 417 g/mol. The van der Waals surface area contributed by atoms with Crippen molar-refractivity contribution in [3.8, 4) is 10.6 Å². The standard InChI is InChI=1S/C19H16FN3O3S2/c20-15-7-5-12(6-8-15)19-22-17(11-27-19)28(25,26)23-10-14-4-2-1-3-13(14)9-16(23)18(21)24/h1-8,11,16H,9-10H2,(H2,21,24)/t16-/m0/s1. The van der Waals surface area contributed by atoms with Crippen LogP contribution in [-0.4, -0.2) is 29.7 Å². The molecule has 0 fully saturated rings. The van der Waals surface area contributed by atoms with Gasteiger partial charge in [-0.05, 0) is 41.8 Å². The summed E-state index contributed by atoms with van der Waals surface area (Å²) in [6.45, 7) is 0.0511. The first-order chi connectivity index (χ1) is 13.4. The molecule has 1 aliphatic heterocycles. The highest BCUT2D eigenvalue weighted by atomic mass is 32.2. The number of fused-ring (bicyclic) bond motifs is 1. The van der Waals surface area contributed by atoms with Crippen molar-refractivity contribution in [2.24, 2.45) is 5.73 Å². The Hall–Kier alpha value is -2.62. The van der Waals surface area contributed by atoms with Gasteiger partial charge in [0.05, 0.1) is 0 Å². The molecule has 0 saturated carbocycles. The first kappa shape index (κ1) is 18.7. The molecular formula is C19H16FN3O3S2. The Labute approximate surface area is 165 Å². The number of carbonyl (C=O) groups is 1. The van der Waals surface area contributed by atoms with Gasteiger partial charge in [0.2, 0.25) is 5.91 Å². The van der Waals surface area contributed by atoms with Crippen LogP contribution in [0.3, 0.4) is 0 Å². The second-order valence-electron chi connectivity index (χ2n) is 6.44. The van der Waals surface area contributed by atoms with Crippen LogP contribution < -0.4 is 5.73 Å². The Morgan fingerprint density at radius 3 is 2.50 bits per heavy atom. The fraction of sp³-hybridized carbons (Fsp3) is 0.158. The number of nitrogens with zero attached hydrogens (tertiary/aromatic N) is 2. The van der Waals surface area contributed by atoms with Crippen LogP contribution in [0.2, 0.25) is 0 Å². The fourth-order valence-electron chi connectivity index (χ4n) is 3.22. The molecule has 0 radical (unpaired) electrons. The molecule has 0 spiro atoms. The van der Waals surface area contributed by atoms with E-state index in [1.807, 2.05) is 24.3 Å². The van der Waals surface area contributed by atoms with Crippen LogP contribution in [-0.2, 0) is 27.8 Å². The molecule has 0 bridgehead atoms. The lowest BCUT2D eigenvalue weighted by molar-refractivity contribution is -0.122. The Morgan fingerprint density at radius 1 is 1.14 bits per heavy atom. The molecule has 1 aliphatic rings. The van der Waals surface area contributed by atoms with Gasteiger partial charge in [0.25, 0.3) is 10.0 Å². The molecule has 1 atom stereocenters. The van der Waals surface area contributed by atoms with Gasteiger partial charge < -0.3 is 5.73 Å². The van der Waals surface area contributed by atoms with E-state index < -0.39 is 22.0 Å². The van der Waals surface area contributed by atoms with Crippen LogP contribution in [0.4, 0.5) is 4.39 Å². The lowest BCUT2D eigenvalue weighted by Gasteiger charge is -2.33. The topological polar surface area (TPSA) is 93.4 Å². The van der Waals surface area contributed by atoms with Gasteiger partial charge in [0, 0.05) is 17.5 Å². The number of aromatic nitrogens is 1. The Balaban J connectivity index is 1.71. The maximum atomic E-state index is 13.2. The van der Waals surface area contributed by atoms with Gasteiger partial charge in [-0.25, -0.2) is 17.8 Å². The van der Waals surface area contributed by atoms with Crippen LogP contribution in [0.25, 0.3) is 10.6 Å². The second-order valence-corrected chi connectivity index (χ2v) is 9.13. The molecule has 1 amide bonds. The van der Waals surface area contributed by atoms with E-state index >= 15 is 0 Å². The van der Waals surface area contributed by atoms with Crippen molar-refractivity contribution < 1.29 is 17.6 Å². The van der Waals surface area contributed by atoms with Gasteiger partial charge in [-0.1, -0.05) is 24.3 Å². The summed E-state index contributed by atoms with van der Waals surface area (Å²) >= 11 is 1.14. The van der Waals surface area contributed by atoms with E-state index in [-0.39, 0.29) is 23.8 Å². The number of carbonyl (C=O) groups excluding carboxylic acids is 1. The number of rotatable bonds is 4. The number of hydrogen-bond acceptors (Lipinski definition) is 5. The van der Waals surface area contributed by atoms with Gasteiger partial charge in [0.1, 0.15) is 16.9 Å². The summed E-state index contributed by atoms with van der Waals surface area (Å²) in [5, 5.41) is 1.72. The van der Waals surface area contributed by atoms with Crippen LogP contribution in [0.5, 0.6) is 0 Å². The van der Waals surface area contributed by atoms with Crippen LogP contribution in [0.15, 0.2) is 58.9 Å². The predicted molar refractivity (Wildman–Crippen MR) is 103 cm³/mol. The molecule has 28 heavy (non-hydrogen) atoms. The van der Waals surface area contributed by atoms with Gasteiger partial charge >= 0.3 is 0 Å². The molecule has 2 N–H and O–H groups in total. The minimum atomic E-state index is -4.04. The number of nitrogens with two attached hydrogens (primary N) is 1. The van der Waals surface area contributed by atoms with Gasteiger partial charge in [0.15, 0.2) is 5.03 Å². The van der Waals surface area contributed by atoms with Crippen molar-refractivity contribution in [3.63, 3.8) is 0 Å². The van der Waals surface area contributed by atoms with Gasteiger partial charge in [-0.15, -0.1) is 11.3 Å². The summed E-state index contributed by atoms with van der Waals surface area (Å²) in [7, 11) is -4.04. The molecule has 2 heterocycles. The zero-order chi connectivity index (χ0) is 19.9. The zero-order valence-corrected chi connectivity index (χ0v) is 16.2. The summed E-state index contributed by atoms with van der Waals surface area (Å²) < 4.78 is 40.7. The number of hydrogen-bond donors (Lipinski definition) is 1. The summed E-state index contributed by atoms with van der Waals surface area (Å²) in [5.41, 5.74) is 7.85. The van der Waals surface area contributed by atoms with Crippen molar-refractivity contribution in [1.29, 1.82) is 0 Å². The minimum Gasteiger partial charge on any atom is -0.368 e. The molecule has 0 saturated heterocycles. The molecule has 2 aromatic carbocycles. The first-order valence-corrected chi connectivity index (χ1v) is 10.8. The Kier molecular flexibility index (Phi) is 4.74. The maximum Gasteiger partial charge on any atom is 0.262 e. The number of sulfonamides is 1. The monoisotopic (exact) mass is 417 g/mol. The lowest BCUT2D eigenvalue weighted by Crippen LogP contribution is -2.51.